The molecule has 1 aliphatic rings. The molecule has 3 nitrogen and oxygen atoms in total. The van der Waals surface area contributed by atoms with E-state index in [1.807, 2.05) is 12.1 Å². The molecule has 0 unspecified atom stereocenters. The van der Waals surface area contributed by atoms with Crippen LogP contribution in [0.1, 0.15) is 44.5 Å². The van der Waals surface area contributed by atoms with Gasteiger partial charge in [-0.2, -0.15) is 0 Å². The molecule has 0 aliphatic heterocycles. The van der Waals surface area contributed by atoms with Crippen molar-refractivity contribution in [3.63, 3.8) is 0 Å². The fourth-order valence-corrected chi connectivity index (χ4v) is 2.67. The molecule has 1 aromatic heterocycles. The summed E-state index contributed by atoms with van der Waals surface area (Å²) >= 11 is 3.46. The van der Waals surface area contributed by atoms with Gasteiger partial charge in [0.1, 0.15) is 17.3 Å². The second-order valence-electron chi connectivity index (χ2n) is 5.47. The van der Waals surface area contributed by atoms with Gasteiger partial charge in [0.25, 0.3) is 0 Å². The number of halogens is 1. The molecule has 1 aromatic carbocycles. The smallest absolute Gasteiger partial charge is 0.132 e. The van der Waals surface area contributed by atoms with Crippen LogP contribution in [-0.2, 0) is 0 Å². The molecule has 1 aliphatic carbocycles. The summed E-state index contributed by atoms with van der Waals surface area (Å²) in [5, 5.41) is 0. The van der Waals surface area contributed by atoms with Gasteiger partial charge in [0.15, 0.2) is 0 Å². The van der Waals surface area contributed by atoms with Crippen LogP contribution in [0.15, 0.2) is 28.7 Å². The number of hydrogen-bond acceptors (Lipinski definition) is 2. The first-order valence-corrected chi connectivity index (χ1v) is 7.50. The van der Waals surface area contributed by atoms with Gasteiger partial charge in [-0.25, -0.2) is 4.98 Å². The predicted molar refractivity (Wildman–Crippen MR) is 82.1 cm³/mol. The normalized spacial score (nSPS) is 15.2. The van der Waals surface area contributed by atoms with Crippen LogP contribution in [0.4, 0.5) is 5.82 Å². The maximum absolute atomic E-state index is 6.34. The molecule has 1 heterocycles. The summed E-state index contributed by atoms with van der Waals surface area (Å²) < 4.78 is 3.31. The Labute approximate surface area is 122 Å². The van der Waals surface area contributed by atoms with E-state index in [1.54, 1.807) is 0 Å². The minimum absolute atomic E-state index is 0.395. The average Bonchev–Trinajstić information content (AvgIpc) is 3.14. The molecule has 19 heavy (non-hydrogen) atoms. The fourth-order valence-electron chi connectivity index (χ4n) is 2.41. The third-order valence-electron chi connectivity index (χ3n) is 3.52. The summed E-state index contributed by atoms with van der Waals surface area (Å²) in [4.78, 5) is 4.79. The number of hydrogen-bond donors (Lipinski definition) is 1. The van der Waals surface area contributed by atoms with Gasteiger partial charge in [-0.05, 0) is 25.0 Å². The zero-order chi connectivity index (χ0) is 13.6. The summed E-state index contributed by atoms with van der Waals surface area (Å²) in [5.41, 5.74) is 8.35. The number of nitrogen functional groups attached to an aromatic ring is 1. The lowest BCUT2D eigenvalue weighted by Crippen LogP contribution is -2.06. The van der Waals surface area contributed by atoms with Gasteiger partial charge in [-0.3, -0.25) is 0 Å². The van der Waals surface area contributed by atoms with Gasteiger partial charge in [0, 0.05) is 22.0 Å². The first kappa shape index (κ1) is 12.7. The van der Waals surface area contributed by atoms with Crippen molar-refractivity contribution in [1.82, 2.24) is 9.55 Å². The van der Waals surface area contributed by atoms with E-state index in [0.717, 1.165) is 27.4 Å². The fraction of sp³-hybridized carbons (Fsp3) is 0.400. The molecule has 2 aromatic rings. The van der Waals surface area contributed by atoms with Crippen LogP contribution in [0.2, 0.25) is 0 Å². The highest BCUT2D eigenvalue weighted by molar-refractivity contribution is 9.10. The van der Waals surface area contributed by atoms with Crippen LogP contribution in [0, 0.1) is 0 Å². The van der Waals surface area contributed by atoms with E-state index >= 15 is 0 Å². The highest BCUT2D eigenvalue weighted by Crippen LogP contribution is 2.42. The molecule has 100 valence electrons. The first-order valence-electron chi connectivity index (χ1n) is 6.71. The standard InChI is InChI=1S/C15H18BrN3/c1-9(2)15-18-13(10-3-5-11(16)6-4-10)14(17)19(15)12-7-8-12/h3-6,9,12H,7-8,17H2,1-2H3. The van der Waals surface area contributed by atoms with Crippen molar-refractivity contribution >= 4 is 21.7 Å². The van der Waals surface area contributed by atoms with Gasteiger partial charge in [-0.1, -0.05) is 41.9 Å². The summed E-state index contributed by atoms with van der Waals surface area (Å²) in [5.74, 6) is 2.32. The van der Waals surface area contributed by atoms with Gasteiger partial charge >= 0.3 is 0 Å². The van der Waals surface area contributed by atoms with Gasteiger partial charge < -0.3 is 10.3 Å². The second kappa shape index (κ2) is 4.67. The molecule has 0 bridgehead atoms. The Morgan fingerprint density at radius 1 is 1.26 bits per heavy atom. The number of imidazole rings is 1. The molecule has 0 amide bonds. The Morgan fingerprint density at radius 3 is 2.42 bits per heavy atom. The van der Waals surface area contributed by atoms with Crippen molar-refractivity contribution in [1.29, 1.82) is 0 Å². The summed E-state index contributed by atoms with van der Waals surface area (Å²) in [6, 6.07) is 8.74. The molecule has 3 rings (SSSR count). The first-order chi connectivity index (χ1) is 9.08. The number of nitrogens with two attached hydrogens (primary N) is 1. The van der Waals surface area contributed by atoms with Crippen molar-refractivity contribution in [2.45, 2.75) is 38.6 Å². The van der Waals surface area contributed by atoms with Crippen molar-refractivity contribution in [2.24, 2.45) is 0 Å². The quantitative estimate of drug-likeness (QED) is 0.913. The van der Waals surface area contributed by atoms with Gasteiger partial charge in [-0.15, -0.1) is 0 Å². The van der Waals surface area contributed by atoms with Crippen LogP contribution in [0.25, 0.3) is 11.3 Å². The molecule has 4 heteroatoms. The Hall–Kier alpha value is -1.29. The monoisotopic (exact) mass is 319 g/mol. The van der Waals surface area contributed by atoms with Crippen LogP contribution >= 0.6 is 15.9 Å². The minimum atomic E-state index is 0.395. The van der Waals surface area contributed by atoms with Gasteiger partial charge in [0.2, 0.25) is 0 Å². The zero-order valence-electron chi connectivity index (χ0n) is 11.2. The van der Waals surface area contributed by atoms with Crippen molar-refractivity contribution in [3.8, 4) is 11.3 Å². The summed E-state index contributed by atoms with van der Waals surface area (Å²) in [7, 11) is 0. The topological polar surface area (TPSA) is 43.8 Å². The Morgan fingerprint density at radius 2 is 1.89 bits per heavy atom. The summed E-state index contributed by atoms with van der Waals surface area (Å²) in [6.45, 7) is 4.35. The van der Waals surface area contributed by atoms with E-state index in [9.17, 15) is 0 Å². The van der Waals surface area contributed by atoms with Crippen molar-refractivity contribution in [3.05, 3.63) is 34.6 Å². The van der Waals surface area contributed by atoms with E-state index in [2.05, 4.69) is 46.5 Å². The minimum Gasteiger partial charge on any atom is -0.383 e. The van der Waals surface area contributed by atoms with E-state index in [-0.39, 0.29) is 0 Å². The molecule has 1 fully saturated rings. The number of nitrogens with zero attached hydrogens (tertiary/aromatic N) is 2. The maximum atomic E-state index is 6.34. The molecule has 0 radical (unpaired) electrons. The van der Waals surface area contributed by atoms with Gasteiger partial charge in [0.05, 0.1) is 0 Å². The zero-order valence-corrected chi connectivity index (χ0v) is 12.8. The second-order valence-corrected chi connectivity index (χ2v) is 6.38. The molecule has 1 saturated carbocycles. The molecular formula is C15H18BrN3. The van der Waals surface area contributed by atoms with E-state index in [1.165, 1.54) is 12.8 Å². The molecule has 0 spiro atoms. The average molecular weight is 320 g/mol. The highest BCUT2D eigenvalue weighted by Gasteiger charge is 2.30. The number of benzene rings is 1. The molecule has 0 atom stereocenters. The largest absolute Gasteiger partial charge is 0.383 e. The van der Waals surface area contributed by atoms with Crippen LogP contribution in [0.3, 0.4) is 0 Å². The third kappa shape index (κ3) is 2.29. The van der Waals surface area contributed by atoms with Crippen LogP contribution < -0.4 is 5.73 Å². The van der Waals surface area contributed by atoms with Crippen molar-refractivity contribution < 1.29 is 0 Å². The SMILES string of the molecule is CC(C)c1nc(-c2ccc(Br)cc2)c(N)n1C1CC1. The number of anilines is 1. The maximum Gasteiger partial charge on any atom is 0.132 e. The predicted octanol–water partition coefficient (Wildman–Crippen LogP) is 4.35. The lowest BCUT2D eigenvalue weighted by Gasteiger charge is -2.10. The Balaban J connectivity index is 2.11. The summed E-state index contributed by atoms with van der Waals surface area (Å²) in [6.07, 6.45) is 2.44. The van der Waals surface area contributed by atoms with Crippen LogP contribution in [0.5, 0.6) is 0 Å². The molecular weight excluding hydrogens is 302 g/mol. The number of aromatic nitrogens is 2. The van der Waals surface area contributed by atoms with Crippen LogP contribution in [-0.4, -0.2) is 9.55 Å². The number of rotatable bonds is 3. The molecule has 2 N–H and O–H groups in total. The molecule has 0 saturated heterocycles. The Bertz CT molecular complexity index is 595. The van der Waals surface area contributed by atoms with E-state index in [4.69, 9.17) is 10.7 Å². The lowest BCUT2D eigenvalue weighted by atomic mass is 10.1. The lowest BCUT2D eigenvalue weighted by molar-refractivity contribution is 0.646. The third-order valence-corrected chi connectivity index (χ3v) is 4.05. The Kier molecular flexibility index (Phi) is 3.13. The van der Waals surface area contributed by atoms with E-state index < -0.39 is 0 Å². The highest BCUT2D eigenvalue weighted by atomic mass is 79.9. The van der Waals surface area contributed by atoms with Crippen molar-refractivity contribution in [2.75, 3.05) is 5.73 Å². The van der Waals surface area contributed by atoms with E-state index in [0.29, 0.717) is 12.0 Å².